The molecule has 0 aromatic heterocycles. The van der Waals surface area contributed by atoms with E-state index in [4.69, 9.17) is 23.2 Å². The van der Waals surface area contributed by atoms with Gasteiger partial charge in [0.15, 0.2) is 0 Å². The first kappa shape index (κ1) is 13.9. The molecule has 98 valence electrons. The van der Waals surface area contributed by atoms with Gasteiger partial charge in [-0.25, -0.2) is 0 Å². The Balaban J connectivity index is 2.18. The number of nitrogens with one attached hydrogen (secondary N) is 1. The van der Waals surface area contributed by atoms with Crippen molar-refractivity contribution in [3.05, 3.63) is 63.6 Å². The lowest BCUT2D eigenvalue weighted by molar-refractivity contribution is 0.102. The molecular formula is C15H13Cl2NO. The van der Waals surface area contributed by atoms with Gasteiger partial charge in [-0.15, -0.1) is 0 Å². The molecule has 2 nitrogen and oxygen atoms in total. The highest BCUT2D eigenvalue weighted by Crippen LogP contribution is 2.26. The summed E-state index contributed by atoms with van der Waals surface area (Å²) in [6, 6.07) is 12.7. The number of aryl methyl sites for hydroxylation is 1. The van der Waals surface area contributed by atoms with Crippen molar-refractivity contribution in [2.75, 3.05) is 5.32 Å². The fourth-order valence-electron chi connectivity index (χ4n) is 1.70. The van der Waals surface area contributed by atoms with Gasteiger partial charge >= 0.3 is 0 Å². The minimum atomic E-state index is -0.267. The molecule has 0 spiro atoms. The first-order chi connectivity index (χ1) is 9.11. The molecule has 0 fully saturated rings. The zero-order chi connectivity index (χ0) is 13.8. The van der Waals surface area contributed by atoms with E-state index in [9.17, 15) is 4.79 Å². The minimum absolute atomic E-state index is 0.267. The average molecular weight is 294 g/mol. The monoisotopic (exact) mass is 293 g/mol. The molecule has 0 saturated carbocycles. The van der Waals surface area contributed by atoms with Crippen LogP contribution in [0.25, 0.3) is 0 Å². The minimum Gasteiger partial charge on any atom is -0.322 e. The molecule has 1 amide bonds. The molecule has 2 aromatic rings. The second-order valence-corrected chi connectivity index (χ2v) is 4.89. The zero-order valence-corrected chi connectivity index (χ0v) is 11.9. The van der Waals surface area contributed by atoms with Crippen LogP contribution in [0.15, 0.2) is 42.5 Å². The van der Waals surface area contributed by atoms with Crippen molar-refractivity contribution in [2.45, 2.75) is 13.3 Å². The summed E-state index contributed by atoms with van der Waals surface area (Å²) in [6.07, 6.45) is 0.967. The van der Waals surface area contributed by atoms with E-state index in [1.807, 2.05) is 24.3 Å². The van der Waals surface area contributed by atoms with Crippen molar-refractivity contribution in [2.24, 2.45) is 0 Å². The third-order valence-corrected chi connectivity index (χ3v) is 3.64. The van der Waals surface area contributed by atoms with Crippen LogP contribution in [0, 0.1) is 0 Å². The molecule has 19 heavy (non-hydrogen) atoms. The lowest BCUT2D eigenvalue weighted by Gasteiger charge is -2.08. The van der Waals surface area contributed by atoms with Crippen molar-refractivity contribution in [3.8, 4) is 0 Å². The first-order valence-corrected chi connectivity index (χ1v) is 6.71. The number of amides is 1. The molecule has 0 saturated heterocycles. The van der Waals surface area contributed by atoms with Gasteiger partial charge in [0.05, 0.1) is 15.6 Å². The summed E-state index contributed by atoms with van der Waals surface area (Å²) in [5, 5.41) is 3.44. The molecule has 4 heteroatoms. The van der Waals surface area contributed by atoms with E-state index in [1.54, 1.807) is 18.2 Å². The predicted octanol–water partition coefficient (Wildman–Crippen LogP) is 4.81. The Hall–Kier alpha value is -1.51. The number of carbonyl (C=O) groups excluding carboxylic acids is 1. The van der Waals surface area contributed by atoms with Gasteiger partial charge < -0.3 is 5.32 Å². The largest absolute Gasteiger partial charge is 0.322 e. The quantitative estimate of drug-likeness (QED) is 0.865. The van der Waals surface area contributed by atoms with E-state index < -0.39 is 0 Å². The van der Waals surface area contributed by atoms with Crippen molar-refractivity contribution < 1.29 is 4.79 Å². The van der Waals surface area contributed by atoms with Crippen molar-refractivity contribution in [3.63, 3.8) is 0 Å². The number of rotatable bonds is 3. The molecule has 0 aliphatic rings. The Morgan fingerprint density at radius 3 is 2.42 bits per heavy atom. The van der Waals surface area contributed by atoms with Gasteiger partial charge in [-0.05, 0) is 36.2 Å². The summed E-state index contributed by atoms with van der Waals surface area (Å²) >= 11 is 11.9. The van der Waals surface area contributed by atoms with Gasteiger partial charge in [-0.2, -0.15) is 0 Å². The van der Waals surface area contributed by atoms with E-state index in [1.165, 1.54) is 5.56 Å². The molecule has 0 aliphatic carbocycles. The van der Waals surface area contributed by atoms with Gasteiger partial charge in [-0.3, -0.25) is 4.79 Å². The van der Waals surface area contributed by atoms with Crippen molar-refractivity contribution in [1.29, 1.82) is 0 Å². The molecule has 0 atom stereocenters. The highest BCUT2D eigenvalue weighted by Gasteiger charge is 2.12. The Bertz CT molecular complexity index is 594. The lowest BCUT2D eigenvalue weighted by Crippen LogP contribution is -2.12. The number of hydrogen-bond donors (Lipinski definition) is 1. The molecule has 0 bridgehead atoms. The molecular weight excluding hydrogens is 281 g/mol. The Morgan fingerprint density at radius 1 is 1.11 bits per heavy atom. The van der Waals surface area contributed by atoms with Gasteiger partial charge in [0.25, 0.3) is 5.91 Å². The summed E-state index contributed by atoms with van der Waals surface area (Å²) in [7, 11) is 0. The molecule has 0 heterocycles. The number of carbonyl (C=O) groups is 1. The Kier molecular flexibility index (Phi) is 4.46. The van der Waals surface area contributed by atoms with Crippen molar-refractivity contribution >= 4 is 34.8 Å². The normalized spacial score (nSPS) is 10.3. The second-order valence-electron chi connectivity index (χ2n) is 4.11. The zero-order valence-electron chi connectivity index (χ0n) is 10.4. The maximum Gasteiger partial charge on any atom is 0.257 e. The summed E-state index contributed by atoms with van der Waals surface area (Å²) < 4.78 is 0. The van der Waals surface area contributed by atoms with Crippen LogP contribution in [-0.4, -0.2) is 5.91 Å². The molecule has 1 N–H and O–H groups in total. The van der Waals surface area contributed by atoms with Gasteiger partial charge in [0.1, 0.15) is 0 Å². The van der Waals surface area contributed by atoms with Gasteiger partial charge in [0, 0.05) is 5.69 Å². The van der Waals surface area contributed by atoms with Crippen LogP contribution >= 0.6 is 23.2 Å². The molecule has 2 rings (SSSR count). The fraction of sp³-hybridized carbons (Fsp3) is 0.133. The van der Waals surface area contributed by atoms with Crippen molar-refractivity contribution in [1.82, 2.24) is 0 Å². The summed E-state index contributed by atoms with van der Waals surface area (Å²) in [5.74, 6) is -0.267. The lowest BCUT2D eigenvalue weighted by atomic mass is 10.1. The molecule has 0 aliphatic heterocycles. The predicted molar refractivity (Wildman–Crippen MR) is 80.2 cm³/mol. The van der Waals surface area contributed by atoms with Crippen LogP contribution in [0.1, 0.15) is 22.8 Å². The number of anilines is 1. The van der Waals surface area contributed by atoms with E-state index in [0.717, 1.165) is 12.1 Å². The van der Waals surface area contributed by atoms with Gasteiger partial charge in [-0.1, -0.05) is 48.3 Å². The van der Waals surface area contributed by atoms with Crippen LogP contribution < -0.4 is 5.32 Å². The van der Waals surface area contributed by atoms with Gasteiger partial charge in [0.2, 0.25) is 0 Å². The van der Waals surface area contributed by atoms with E-state index in [-0.39, 0.29) is 10.9 Å². The molecule has 0 unspecified atom stereocenters. The third kappa shape index (κ3) is 3.28. The maximum absolute atomic E-state index is 12.1. The van der Waals surface area contributed by atoms with E-state index in [0.29, 0.717) is 10.6 Å². The SMILES string of the molecule is CCc1ccc(NC(=O)c2cccc(Cl)c2Cl)cc1. The number of hydrogen-bond acceptors (Lipinski definition) is 1. The highest BCUT2D eigenvalue weighted by atomic mass is 35.5. The van der Waals surface area contributed by atoms with Crippen LogP contribution in [0.3, 0.4) is 0 Å². The fourth-order valence-corrected chi connectivity index (χ4v) is 2.09. The summed E-state index contributed by atoms with van der Waals surface area (Å²) in [5.41, 5.74) is 2.32. The summed E-state index contributed by atoms with van der Waals surface area (Å²) in [6.45, 7) is 2.08. The van der Waals surface area contributed by atoms with Crippen LogP contribution in [0.2, 0.25) is 10.0 Å². The smallest absolute Gasteiger partial charge is 0.257 e. The highest BCUT2D eigenvalue weighted by molar-refractivity contribution is 6.44. The molecule has 2 aromatic carbocycles. The molecule has 0 radical (unpaired) electrons. The third-order valence-electron chi connectivity index (χ3n) is 2.82. The number of benzene rings is 2. The van der Waals surface area contributed by atoms with Crippen LogP contribution in [-0.2, 0) is 6.42 Å². The average Bonchev–Trinajstić information content (AvgIpc) is 2.42. The Morgan fingerprint density at radius 2 is 1.79 bits per heavy atom. The van der Waals surface area contributed by atoms with Crippen LogP contribution in [0.4, 0.5) is 5.69 Å². The number of halogens is 2. The topological polar surface area (TPSA) is 29.1 Å². The van der Waals surface area contributed by atoms with Crippen LogP contribution in [0.5, 0.6) is 0 Å². The van der Waals surface area contributed by atoms with E-state index in [2.05, 4.69) is 12.2 Å². The second kappa shape index (κ2) is 6.09. The Labute approximate surface area is 122 Å². The standard InChI is InChI=1S/C15H13Cl2NO/c1-2-10-6-8-11(9-7-10)18-15(19)12-4-3-5-13(16)14(12)17/h3-9H,2H2,1H3,(H,18,19). The van der Waals surface area contributed by atoms with E-state index >= 15 is 0 Å². The summed E-state index contributed by atoms with van der Waals surface area (Å²) in [4.78, 5) is 12.1. The maximum atomic E-state index is 12.1. The first-order valence-electron chi connectivity index (χ1n) is 5.96.